The van der Waals surface area contributed by atoms with Crippen LogP contribution in [0.4, 0.5) is 0 Å². The molecule has 0 unspecified atom stereocenters. The molecule has 2 aromatic rings. The summed E-state index contributed by atoms with van der Waals surface area (Å²) in [4.78, 5) is 11.5. The van der Waals surface area contributed by atoms with Gasteiger partial charge in [-0.1, -0.05) is 35.5 Å². The van der Waals surface area contributed by atoms with Crippen LogP contribution in [0, 0.1) is 0 Å². The topological polar surface area (TPSA) is 57.0 Å². The molecule has 0 N–H and O–H groups in total. The third-order valence-corrected chi connectivity index (χ3v) is 2.02. The molecule has 5 nitrogen and oxygen atoms in total. The maximum atomic E-state index is 11.5. The Hall–Kier alpha value is -2.17. The molecule has 0 atom stereocenters. The van der Waals surface area contributed by atoms with E-state index in [0.29, 0.717) is 0 Å². The molecular weight excluding hydrogens is 206 g/mol. The van der Waals surface area contributed by atoms with Crippen LogP contribution in [0.5, 0.6) is 0 Å². The van der Waals surface area contributed by atoms with E-state index in [2.05, 4.69) is 10.3 Å². The van der Waals surface area contributed by atoms with E-state index < -0.39 is 5.97 Å². The van der Waals surface area contributed by atoms with Gasteiger partial charge in [0, 0.05) is 7.05 Å². The maximum Gasteiger partial charge on any atom is 0.360 e. The molecule has 82 valence electrons. The van der Waals surface area contributed by atoms with Gasteiger partial charge in [-0.3, -0.25) is 4.68 Å². The van der Waals surface area contributed by atoms with Gasteiger partial charge >= 0.3 is 5.97 Å². The van der Waals surface area contributed by atoms with E-state index in [4.69, 9.17) is 4.74 Å². The Morgan fingerprint density at radius 2 is 2.12 bits per heavy atom. The zero-order valence-electron chi connectivity index (χ0n) is 8.83. The highest BCUT2D eigenvalue weighted by atomic mass is 16.5. The lowest BCUT2D eigenvalue weighted by atomic mass is 10.2. The fourth-order valence-corrected chi connectivity index (χ4v) is 1.24. The Balaban J connectivity index is 1.94. The van der Waals surface area contributed by atoms with Gasteiger partial charge in [0.2, 0.25) is 0 Å². The Bertz CT molecular complexity index is 479. The highest BCUT2D eigenvalue weighted by Crippen LogP contribution is 2.03. The van der Waals surface area contributed by atoms with Gasteiger partial charge in [-0.05, 0) is 5.56 Å². The summed E-state index contributed by atoms with van der Waals surface area (Å²) in [5, 5.41) is 7.32. The summed E-state index contributed by atoms with van der Waals surface area (Å²) < 4.78 is 6.53. The number of ether oxygens (including phenoxy) is 1. The van der Waals surface area contributed by atoms with E-state index in [-0.39, 0.29) is 12.3 Å². The Kier molecular flexibility index (Phi) is 2.95. The minimum absolute atomic E-state index is 0.221. The number of hydrogen-bond acceptors (Lipinski definition) is 4. The van der Waals surface area contributed by atoms with Crippen molar-refractivity contribution in [1.82, 2.24) is 15.0 Å². The van der Waals surface area contributed by atoms with Crippen molar-refractivity contribution in [1.29, 1.82) is 0 Å². The Morgan fingerprint density at radius 1 is 1.38 bits per heavy atom. The third-order valence-electron chi connectivity index (χ3n) is 2.02. The molecule has 0 saturated carbocycles. The first-order chi connectivity index (χ1) is 7.75. The largest absolute Gasteiger partial charge is 0.456 e. The summed E-state index contributed by atoms with van der Waals surface area (Å²) in [5.41, 5.74) is 1.16. The molecule has 0 radical (unpaired) electrons. The molecule has 16 heavy (non-hydrogen) atoms. The molecule has 0 aliphatic heterocycles. The normalized spacial score (nSPS) is 10.1. The van der Waals surface area contributed by atoms with Crippen molar-refractivity contribution in [2.24, 2.45) is 7.05 Å². The number of carbonyl (C=O) groups excluding carboxylic acids is 1. The molecule has 1 heterocycles. The van der Waals surface area contributed by atoms with Crippen molar-refractivity contribution in [3.63, 3.8) is 0 Å². The lowest BCUT2D eigenvalue weighted by Gasteiger charge is -2.01. The summed E-state index contributed by atoms with van der Waals surface area (Å²) in [7, 11) is 1.70. The van der Waals surface area contributed by atoms with E-state index in [1.54, 1.807) is 7.05 Å². The molecule has 0 aliphatic rings. The monoisotopic (exact) mass is 217 g/mol. The van der Waals surface area contributed by atoms with E-state index in [0.717, 1.165) is 5.56 Å². The molecule has 2 rings (SSSR count). The van der Waals surface area contributed by atoms with E-state index >= 15 is 0 Å². The molecular formula is C11H11N3O2. The Morgan fingerprint density at radius 3 is 2.75 bits per heavy atom. The molecule has 0 fully saturated rings. The van der Waals surface area contributed by atoms with Crippen molar-refractivity contribution in [3.05, 3.63) is 47.8 Å². The van der Waals surface area contributed by atoms with Gasteiger partial charge in [0.15, 0.2) is 5.69 Å². The van der Waals surface area contributed by atoms with E-state index in [9.17, 15) is 4.79 Å². The molecule has 0 bridgehead atoms. The number of rotatable bonds is 3. The number of esters is 1. The molecule has 1 aromatic carbocycles. The molecule has 0 amide bonds. The SMILES string of the molecule is Cn1cc(C(=O)OCc2ccccc2)nn1. The van der Waals surface area contributed by atoms with Gasteiger partial charge in [0.1, 0.15) is 6.61 Å². The highest BCUT2D eigenvalue weighted by molar-refractivity contribution is 5.86. The molecule has 1 aromatic heterocycles. The first-order valence-electron chi connectivity index (χ1n) is 4.83. The average Bonchev–Trinajstić information content (AvgIpc) is 2.74. The van der Waals surface area contributed by atoms with Crippen LogP contribution in [0.25, 0.3) is 0 Å². The standard InChI is InChI=1S/C11H11N3O2/c1-14-7-10(12-13-14)11(15)16-8-9-5-3-2-4-6-9/h2-7H,8H2,1H3. The van der Waals surface area contributed by atoms with Gasteiger partial charge in [0.05, 0.1) is 6.20 Å². The van der Waals surface area contributed by atoms with Crippen LogP contribution < -0.4 is 0 Å². The van der Waals surface area contributed by atoms with Crippen molar-refractivity contribution in [3.8, 4) is 0 Å². The number of carbonyl (C=O) groups is 1. The van der Waals surface area contributed by atoms with Crippen LogP contribution in [0.15, 0.2) is 36.5 Å². The predicted octanol–water partition coefficient (Wildman–Crippen LogP) is 1.17. The molecule has 0 saturated heterocycles. The van der Waals surface area contributed by atoms with Crippen molar-refractivity contribution in [2.45, 2.75) is 6.61 Å². The van der Waals surface area contributed by atoms with Crippen molar-refractivity contribution >= 4 is 5.97 Å². The summed E-state index contributed by atoms with van der Waals surface area (Å²) in [6.45, 7) is 0.246. The second kappa shape index (κ2) is 4.57. The quantitative estimate of drug-likeness (QED) is 0.724. The van der Waals surface area contributed by atoms with Crippen LogP contribution in [-0.4, -0.2) is 21.0 Å². The van der Waals surface area contributed by atoms with Gasteiger partial charge in [-0.15, -0.1) is 5.10 Å². The zero-order chi connectivity index (χ0) is 11.4. The zero-order valence-corrected chi connectivity index (χ0v) is 8.83. The first kappa shape index (κ1) is 10.4. The van der Waals surface area contributed by atoms with Gasteiger partial charge in [-0.2, -0.15) is 0 Å². The maximum absolute atomic E-state index is 11.5. The average molecular weight is 217 g/mol. The number of nitrogens with zero attached hydrogens (tertiary/aromatic N) is 3. The van der Waals surface area contributed by atoms with E-state index in [1.165, 1.54) is 10.9 Å². The van der Waals surface area contributed by atoms with Gasteiger partial charge in [-0.25, -0.2) is 4.79 Å². The molecule has 0 spiro atoms. The fourth-order valence-electron chi connectivity index (χ4n) is 1.24. The highest BCUT2D eigenvalue weighted by Gasteiger charge is 2.10. The van der Waals surface area contributed by atoms with E-state index in [1.807, 2.05) is 30.3 Å². The minimum atomic E-state index is -0.461. The van der Waals surface area contributed by atoms with Crippen LogP contribution in [0.2, 0.25) is 0 Å². The van der Waals surface area contributed by atoms with Gasteiger partial charge < -0.3 is 4.74 Å². The third kappa shape index (κ3) is 2.44. The number of benzene rings is 1. The molecule has 0 aliphatic carbocycles. The van der Waals surface area contributed by atoms with Crippen molar-refractivity contribution < 1.29 is 9.53 Å². The number of aryl methyl sites for hydroxylation is 1. The fraction of sp³-hybridized carbons (Fsp3) is 0.182. The molecule has 5 heteroatoms. The summed E-state index contributed by atoms with van der Waals surface area (Å²) >= 11 is 0. The lowest BCUT2D eigenvalue weighted by molar-refractivity contribution is 0.0465. The van der Waals surface area contributed by atoms with Gasteiger partial charge in [0.25, 0.3) is 0 Å². The first-order valence-corrected chi connectivity index (χ1v) is 4.83. The summed E-state index contributed by atoms with van der Waals surface area (Å²) in [6, 6.07) is 9.49. The predicted molar refractivity (Wildman–Crippen MR) is 56.6 cm³/mol. The second-order valence-corrected chi connectivity index (χ2v) is 3.34. The van der Waals surface area contributed by atoms with Crippen LogP contribution in [0.1, 0.15) is 16.1 Å². The number of hydrogen-bond donors (Lipinski definition) is 0. The number of aromatic nitrogens is 3. The summed E-state index contributed by atoms with van der Waals surface area (Å²) in [5.74, 6) is -0.461. The lowest BCUT2D eigenvalue weighted by Crippen LogP contribution is -2.05. The second-order valence-electron chi connectivity index (χ2n) is 3.34. The smallest absolute Gasteiger partial charge is 0.360 e. The van der Waals surface area contributed by atoms with Crippen LogP contribution in [0.3, 0.4) is 0 Å². The summed E-state index contributed by atoms with van der Waals surface area (Å²) in [6.07, 6.45) is 1.52. The Labute approximate surface area is 92.7 Å². The van der Waals surface area contributed by atoms with Crippen LogP contribution >= 0.6 is 0 Å². The van der Waals surface area contributed by atoms with Crippen LogP contribution in [-0.2, 0) is 18.4 Å². The van der Waals surface area contributed by atoms with Crippen molar-refractivity contribution in [2.75, 3.05) is 0 Å². The minimum Gasteiger partial charge on any atom is -0.456 e.